The number of nitrogens with zero attached hydrogens (tertiary/aromatic N) is 1. The van der Waals surface area contributed by atoms with Crippen LogP contribution in [0.25, 0.3) is 0 Å². The molecule has 0 aromatic heterocycles. The normalized spacial score (nSPS) is 13.5. The van der Waals surface area contributed by atoms with Gasteiger partial charge in [0.05, 0.1) is 40.3 Å². The molecule has 0 rings (SSSR count). The second-order valence-electron chi connectivity index (χ2n) is 15.6. The lowest BCUT2D eigenvalue weighted by Crippen LogP contribution is -2.55. The number of aliphatic carboxylic acids is 1. The van der Waals surface area contributed by atoms with Crippen LogP contribution in [-0.4, -0.2) is 75.5 Å². The van der Waals surface area contributed by atoms with Crippen molar-refractivity contribution in [1.82, 2.24) is 0 Å². The summed E-state index contributed by atoms with van der Waals surface area (Å²) >= 11 is 0. The second-order valence-corrected chi connectivity index (χ2v) is 15.6. The van der Waals surface area contributed by atoms with Gasteiger partial charge in [-0.25, -0.2) is 0 Å². The first kappa shape index (κ1) is 52.0. The van der Waals surface area contributed by atoms with Gasteiger partial charge in [0.25, 0.3) is 0 Å². The molecule has 0 aliphatic carbocycles. The fraction of sp³-hybridized carbons (Fsp3) is 0.723. The zero-order chi connectivity index (χ0) is 40.7. The quantitative estimate of drug-likeness (QED) is 0.0266. The van der Waals surface area contributed by atoms with Crippen LogP contribution >= 0.6 is 0 Å². The molecule has 0 N–H and O–H groups in total. The molecule has 0 fully saturated rings. The molecule has 0 spiro atoms. The standard InChI is InChI=1S/C47H81NO7/c1-6-8-10-12-14-16-18-20-21-22-23-24-25-26-28-29-31-33-35-37-45(49)54-42-43(41-53-40-39-44(47(51)52)48(3,4)5)55-46(50)38-36-34-32-30-27-19-17-15-13-11-9-7-2/h8,10,14,16,20-21,23-24,26,28,43-44H,6-7,9,11-13,15,17-19,22,25,27,29-42H2,1-5H3/b10-8+,16-14+,21-20+,24-23+,28-26+. The van der Waals surface area contributed by atoms with Crippen molar-refractivity contribution in [1.29, 1.82) is 0 Å². The van der Waals surface area contributed by atoms with Crippen molar-refractivity contribution in [3.8, 4) is 0 Å². The molecule has 0 aromatic carbocycles. The van der Waals surface area contributed by atoms with Crippen LogP contribution < -0.4 is 5.11 Å². The number of quaternary nitrogens is 1. The molecule has 55 heavy (non-hydrogen) atoms. The number of carboxylic acids is 1. The number of ether oxygens (including phenoxy) is 3. The third-order valence-corrected chi connectivity index (χ3v) is 9.42. The summed E-state index contributed by atoms with van der Waals surface area (Å²) in [5, 5.41) is 11.6. The number of carbonyl (C=O) groups is 3. The van der Waals surface area contributed by atoms with E-state index in [0.29, 0.717) is 12.8 Å². The molecule has 0 saturated carbocycles. The zero-order valence-corrected chi connectivity index (χ0v) is 35.8. The van der Waals surface area contributed by atoms with Gasteiger partial charge in [-0.15, -0.1) is 0 Å². The Morgan fingerprint density at radius 3 is 1.51 bits per heavy atom. The predicted molar refractivity (Wildman–Crippen MR) is 226 cm³/mol. The minimum absolute atomic E-state index is 0.0294. The summed E-state index contributed by atoms with van der Waals surface area (Å²) < 4.78 is 17.1. The maximum Gasteiger partial charge on any atom is 0.306 e. The van der Waals surface area contributed by atoms with E-state index < -0.39 is 18.1 Å². The molecule has 2 atom stereocenters. The van der Waals surface area contributed by atoms with Crippen LogP contribution in [0.3, 0.4) is 0 Å². The molecular weight excluding hydrogens is 691 g/mol. The summed E-state index contributed by atoms with van der Waals surface area (Å²) in [6, 6.07) is -0.731. The van der Waals surface area contributed by atoms with Gasteiger partial charge in [0.15, 0.2) is 6.10 Å². The van der Waals surface area contributed by atoms with Gasteiger partial charge in [0.2, 0.25) is 0 Å². The monoisotopic (exact) mass is 772 g/mol. The summed E-state index contributed by atoms with van der Waals surface area (Å²) in [6.07, 6.45) is 45.3. The molecule has 2 unspecified atom stereocenters. The van der Waals surface area contributed by atoms with Gasteiger partial charge < -0.3 is 28.6 Å². The van der Waals surface area contributed by atoms with Gasteiger partial charge in [0.1, 0.15) is 12.6 Å². The third kappa shape index (κ3) is 36.4. The average molecular weight is 772 g/mol. The molecule has 0 aliphatic heterocycles. The molecule has 0 saturated heterocycles. The maximum absolute atomic E-state index is 12.7. The Kier molecular flexibility index (Phi) is 35.9. The van der Waals surface area contributed by atoms with E-state index in [4.69, 9.17) is 14.2 Å². The first-order valence-electron chi connectivity index (χ1n) is 21.8. The minimum Gasteiger partial charge on any atom is -0.544 e. The van der Waals surface area contributed by atoms with Crippen molar-refractivity contribution < 1.29 is 38.2 Å². The molecule has 0 aromatic rings. The van der Waals surface area contributed by atoms with Crippen molar-refractivity contribution in [3.05, 3.63) is 60.8 Å². The Hall–Kier alpha value is -2.97. The highest BCUT2D eigenvalue weighted by atomic mass is 16.6. The Bertz CT molecular complexity index is 1090. The number of carboxylic acid groups (broad SMARTS) is 1. The Morgan fingerprint density at radius 1 is 0.564 bits per heavy atom. The summed E-state index contributed by atoms with van der Waals surface area (Å²) in [5.41, 5.74) is 0. The average Bonchev–Trinajstić information content (AvgIpc) is 3.14. The molecule has 8 heteroatoms. The largest absolute Gasteiger partial charge is 0.544 e. The van der Waals surface area contributed by atoms with Crippen LogP contribution in [-0.2, 0) is 28.6 Å². The Morgan fingerprint density at radius 2 is 1.02 bits per heavy atom. The fourth-order valence-electron chi connectivity index (χ4n) is 6.04. The van der Waals surface area contributed by atoms with Crippen LogP contribution in [0.2, 0.25) is 0 Å². The van der Waals surface area contributed by atoms with Crippen molar-refractivity contribution in [2.45, 2.75) is 180 Å². The van der Waals surface area contributed by atoms with E-state index in [-0.39, 0.29) is 42.7 Å². The van der Waals surface area contributed by atoms with E-state index >= 15 is 0 Å². The van der Waals surface area contributed by atoms with Crippen LogP contribution in [0.5, 0.6) is 0 Å². The van der Waals surface area contributed by atoms with Gasteiger partial charge >= 0.3 is 11.9 Å². The molecule has 316 valence electrons. The topological polar surface area (TPSA) is 102 Å². The van der Waals surface area contributed by atoms with Gasteiger partial charge in [-0.1, -0.05) is 152 Å². The molecule has 0 aliphatic rings. The second kappa shape index (κ2) is 37.9. The third-order valence-electron chi connectivity index (χ3n) is 9.42. The lowest BCUT2D eigenvalue weighted by atomic mass is 10.0. The highest BCUT2D eigenvalue weighted by molar-refractivity contribution is 5.70. The number of rotatable bonds is 38. The van der Waals surface area contributed by atoms with Gasteiger partial charge in [-0.3, -0.25) is 9.59 Å². The highest BCUT2D eigenvalue weighted by Crippen LogP contribution is 2.14. The van der Waals surface area contributed by atoms with Crippen LogP contribution in [0.4, 0.5) is 0 Å². The SMILES string of the molecule is CC/C=C/C/C=C/C/C=C/C/C=C/C/C=C/CCCCCC(=O)OCC(COCCC(C(=O)[O-])[N+](C)(C)C)OC(=O)CCCCCCCCCCCCCC. The lowest BCUT2D eigenvalue weighted by Gasteiger charge is -2.34. The van der Waals surface area contributed by atoms with Crippen molar-refractivity contribution in [3.63, 3.8) is 0 Å². The van der Waals surface area contributed by atoms with Gasteiger partial charge in [0, 0.05) is 19.3 Å². The minimum atomic E-state index is -1.13. The summed E-state index contributed by atoms with van der Waals surface area (Å²) in [5.74, 6) is -1.78. The molecule has 0 radical (unpaired) electrons. The van der Waals surface area contributed by atoms with E-state index in [9.17, 15) is 19.5 Å². The van der Waals surface area contributed by atoms with Crippen molar-refractivity contribution >= 4 is 17.9 Å². The zero-order valence-electron chi connectivity index (χ0n) is 35.8. The smallest absolute Gasteiger partial charge is 0.306 e. The molecule has 0 heterocycles. The Balaban J connectivity index is 4.40. The van der Waals surface area contributed by atoms with E-state index in [2.05, 4.69) is 74.6 Å². The van der Waals surface area contributed by atoms with Crippen LogP contribution in [0, 0.1) is 0 Å². The highest BCUT2D eigenvalue weighted by Gasteiger charge is 2.25. The summed E-state index contributed by atoms with van der Waals surface area (Å²) in [6.45, 7) is 4.50. The number of esters is 2. The number of hydrogen-bond donors (Lipinski definition) is 0. The molecule has 8 nitrogen and oxygen atoms in total. The fourth-order valence-corrected chi connectivity index (χ4v) is 6.04. The van der Waals surface area contributed by atoms with Crippen molar-refractivity contribution in [2.24, 2.45) is 0 Å². The van der Waals surface area contributed by atoms with E-state index in [1.165, 1.54) is 57.8 Å². The predicted octanol–water partition coefficient (Wildman–Crippen LogP) is 10.5. The first-order valence-corrected chi connectivity index (χ1v) is 21.8. The van der Waals surface area contributed by atoms with E-state index in [1.54, 1.807) is 21.1 Å². The molecule has 0 amide bonds. The lowest BCUT2D eigenvalue weighted by molar-refractivity contribution is -0.889. The molecular formula is C47H81NO7. The Labute approximate surface area is 337 Å². The van der Waals surface area contributed by atoms with Gasteiger partial charge in [-0.05, 0) is 57.8 Å². The first-order chi connectivity index (χ1) is 26.6. The number of carbonyl (C=O) groups excluding carboxylic acids is 3. The number of unbranched alkanes of at least 4 members (excludes halogenated alkanes) is 14. The number of likely N-dealkylation sites (N-methyl/N-ethyl adjacent to an activating group) is 1. The summed E-state index contributed by atoms with van der Waals surface area (Å²) in [4.78, 5) is 36.8. The van der Waals surface area contributed by atoms with Gasteiger partial charge in [-0.2, -0.15) is 0 Å². The maximum atomic E-state index is 12.7. The van der Waals surface area contributed by atoms with E-state index in [1.807, 2.05) is 0 Å². The van der Waals surface area contributed by atoms with Crippen LogP contribution in [0.1, 0.15) is 168 Å². The number of allylic oxidation sites excluding steroid dienone is 10. The summed E-state index contributed by atoms with van der Waals surface area (Å²) in [7, 11) is 5.39. The van der Waals surface area contributed by atoms with Crippen LogP contribution in [0.15, 0.2) is 60.8 Å². The number of hydrogen-bond acceptors (Lipinski definition) is 7. The van der Waals surface area contributed by atoms with E-state index in [0.717, 1.165) is 77.0 Å². The van der Waals surface area contributed by atoms with Crippen molar-refractivity contribution in [2.75, 3.05) is 41.0 Å². The molecule has 0 bridgehead atoms.